The van der Waals surface area contributed by atoms with Gasteiger partial charge in [-0.05, 0) is 58.7 Å². The molecule has 3 atom stereocenters. The summed E-state index contributed by atoms with van der Waals surface area (Å²) in [4.78, 5) is 78.9. The summed E-state index contributed by atoms with van der Waals surface area (Å²) < 4.78 is 5.37. The number of carbonyl (C=O) groups excluding carboxylic acids is 6. The largest absolute Gasteiger partial charge is 0.445 e. The van der Waals surface area contributed by atoms with Crippen molar-refractivity contribution in [2.45, 2.75) is 69.8 Å². The van der Waals surface area contributed by atoms with Crippen LogP contribution in [0.1, 0.15) is 71.3 Å². The van der Waals surface area contributed by atoms with Crippen molar-refractivity contribution in [2.24, 2.45) is 11.7 Å². The van der Waals surface area contributed by atoms with Crippen molar-refractivity contribution in [3.8, 4) is 0 Å². The fourth-order valence-corrected chi connectivity index (χ4v) is 6.93. The number of rotatable bonds is 20. The molecule has 0 aliphatic carbocycles. The van der Waals surface area contributed by atoms with E-state index < -0.39 is 47.5 Å². The molecule has 0 aliphatic heterocycles. The van der Waals surface area contributed by atoms with E-state index in [-0.39, 0.29) is 49.7 Å². The minimum Gasteiger partial charge on any atom is -0.445 e. The maximum Gasteiger partial charge on any atom is 0.408 e. The third-order valence-electron chi connectivity index (χ3n) is 9.96. The number of nitrogens with one attached hydrogen (secondary N) is 4. The van der Waals surface area contributed by atoms with Crippen molar-refractivity contribution in [1.82, 2.24) is 21.3 Å². The summed E-state index contributed by atoms with van der Waals surface area (Å²) in [6.45, 7) is 3.76. The highest BCUT2D eigenvalue weighted by Gasteiger charge is 2.38. The molecule has 60 heavy (non-hydrogen) atoms. The van der Waals surface area contributed by atoms with Gasteiger partial charge in [-0.25, -0.2) is 4.79 Å². The Balaban J connectivity index is 1.32. The smallest absolute Gasteiger partial charge is 0.408 e. The zero-order chi connectivity index (χ0) is 42.9. The molecule has 0 aliphatic rings. The van der Waals surface area contributed by atoms with Gasteiger partial charge in [-0.3, -0.25) is 19.2 Å². The lowest BCUT2D eigenvalue weighted by atomic mass is 9.77. The van der Waals surface area contributed by atoms with Crippen LogP contribution in [-0.4, -0.2) is 54.1 Å². The summed E-state index contributed by atoms with van der Waals surface area (Å²) in [5, 5.41) is 11.4. The maximum absolute atomic E-state index is 14.0. The third-order valence-corrected chi connectivity index (χ3v) is 9.96. The minimum absolute atomic E-state index is 0.00806. The van der Waals surface area contributed by atoms with Gasteiger partial charge in [-0.1, -0.05) is 147 Å². The fraction of sp³-hybridized carbons (Fsp3) is 0.250. The number of hydrogen-bond acceptors (Lipinski definition) is 7. The normalized spacial score (nSPS) is 12.6. The molecule has 5 aromatic rings. The summed E-state index contributed by atoms with van der Waals surface area (Å²) in [7, 11) is 0. The lowest BCUT2D eigenvalue weighted by Crippen LogP contribution is -2.56. The summed E-state index contributed by atoms with van der Waals surface area (Å²) in [5.41, 5.74) is 8.43. The van der Waals surface area contributed by atoms with E-state index in [2.05, 4.69) is 21.3 Å². The molecule has 0 saturated carbocycles. The molecule has 310 valence electrons. The van der Waals surface area contributed by atoms with Gasteiger partial charge in [0.15, 0.2) is 0 Å². The minimum atomic E-state index is -1.23. The van der Waals surface area contributed by atoms with E-state index in [4.69, 9.17) is 10.5 Å². The number of carbonyl (C=O) groups is 6. The molecule has 0 bridgehead atoms. The van der Waals surface area contributed by atoms with E-state index in [1.165, 1.54) is 12.1 Å². The van der Waals surface area contributed by atoms with E-state index >= 15 is 0 Å². The van der Waals surface area contributed by atoms with Gasteiger partial charge in [0.05, 0.1) is 6.04 Å². The third kappa shape index (κ3) is 12.2. The van der Waals surface area contributed by atoms with Crippen molar-refractivity contribution >= 4 is 36.0 Å². The number of primary amides is 1. The molecule has 12 heteroatoms. The van der Waals surface area contributed by atoms with E-state index in [0.29, 0.717) is 11.8 Å². The SMILES string of the molecule is CC(C)C[C@H](NC(=O)OCc1ccccc1)C(=O)N[C@@H](Cc1ccc(C(N)=O)cc1)C(=O)N[C@H](C=O)CCC(=O)NC(c1ccccc1)(c1ccccc1)c1ccccc1. The van der Waals surface area contributed by atoms with Crippen LogP contribution in [0.25, 0.3) is 0 Å². The van der Waals surface area contributed by atoms with Crippen LogP contribution < -0.4 is 27.0 Å². The molecule has 0 fully saturated rings. The van der Waals surface area contributed by atoms with Crippen molar-refractivity contribution in [1.29, 1.82) is 0 Å². The standard InChI is InChI=1S/C48H51N5O7/c1-33(2)29-41(52-47(59)60-32-35-15-7-3-8-16-35)46(58)51-42(30-34-23-25-36(26-24-34)44(49)56)45(57)50-40(31-54)27-28-43(55)53-48(37-17-9-4-10-18-37,38-19-11-5-12-20-38)39-21-13-6-14-22-39/h3-26,31,33,40-42H,27-30,32H2,1-2H3,(H2,49,56)(H,50,57)(H,51,58)(H,52,59)(H,53,55)/t40-,41-,42-/m0/s1. The zero-order valence-corrected chi connectivity index (χ0v) is 33.7. The van der Waals surface area contributed by atoms with Crippen molar-refractivity contribution in [2.75, 3.05) is 0 Å². The fourth-order valence-electron chi connectivity index (χ4n) is 6.93. The Kier molecular flexibility index (Phi) is 15.9. The van der Waals surface area contributed by atoms with Crippen LogP contribution in [-0.2, 0) is 42.5 Å². The Labute approximate surface area is 350 Å². The van der Waals surface area contributed by atoms with E-state index in [1.807, 2.05) is 123 Å². The van der Waals surface area contributed by atoms with E-state index in [1.54, 1.807) is 24.3 Å². The van der Waals surface area contributed by atoms with Gasteiger partial charge in [0, 0.05) is 18.4 Å². The van der Waals surface area contributed by atoms with Crippen molar-refractivity contribution < 1.29 is 33.5 Å². The molecule has 0 saturated heterocycles. The Morgan fingerprint density at radius 3 is 1.62 bits per heavy atom. The second-order valence-electron chi connectivity index (χ2n) is 14.9. The summed E-state index contributed by atoms with van der Waals surface area (Å²) in [6.07, 6.45) is -0.239. The Bertz CT molecular complexity index is 2090. The van der Waals surface area contributed by atoms with E-state index in [0.717, 1.165) is 22.3 Å². The monoisotopic (exact) mass is 809 g/mol. The van der Waals surface area contributed by atoms with Crippen LogP contribution in [0.5, 0.6) is 0 Å². The average Bonchev–Trinajstić information content (AvgIpc) is 3.27. The lowest BCUT2D eigenvalue weighted by Gasteiger charge is -2.37. The second-order valence-corrected chi connectivity index (χ2v) is 14.9. The maximum atomic E-state index is 14.0. The molecule has 0 spiro atoms. The highest BCUT2D eigenvalue weighted by Crippen LogP contribution is 2.37. The first-order valence-corrected chi connectivity index (χ1v) is 19.9. The first kappa shape index (κ1) is 44.0. The number of amides is 5. The molecular formula is C48H51N5O7. The zero-order valence-electron chi connectivity index (χ0n) is 33.7. The van der Waals surface area contributed by atoms with Gasteiger partial charge in [0.25, 0.3) is 0 Å². The molecular weight excluding hydrogens is 759 g/mol. The molecule has 5 rings (SSSR count). The predicted octanol–water partition coefficient (Wildman–Crippen LogP) is 5.73. The molecule has 5 aromatic carbocycles. The molecule has 0 heterocycles. The average molecular weight is 810 g/mol. The van der Waals surface area contributed by atoms with Crippen LogP contribution in [0.15, 0.2) is 146 Å². The quantitative estimate of drug-likeness (QED) is 0.0491. The van der Waals surface area contributed by atoms with Gasteiger partial charge in [0.2, 0.25) is 23.6 Å². The van der Waals surface area contributed by atoms with Crippen molar-refractivity contribution in [3.05, 3.63) is 179 Å². The summed E-state index contributed by atoms with van der Waals surface area (Å²) >= 11 is 0. The Hall–Kier alpha value is -7.08. The summed E-state index contributed by atoms with van der Waals surface area (Å²) in [5.74, 6) is -2.36. The van der Waals surface area contributed by atoms with E-state index in [9.17, 15) is 28.8 Å². The topological polar surface area (TPSA) is 186 Å². The Morgan fingerprint density at radius 1 is 0.633 bits per heavy atom. The number of nitrogens with two attached hydrogens (primary N) is 1. The number of benzene rings is 5. The summed E-state index contributed by atoms with van der Waals surface area (Å²) in [6, 6.07) is 40.7. The van der Waals surface area contributed by atoms with Crippen LogP contribution in [0.3, 0.4) is 0 Å². The first-order valence-electron chi connectivity index (χ1n) is 19.9. The number of hydrogen-bond donors (Lipinski definition) is 5. The van der Waals surface area contributed by atoms with Gasteiger partial charge < -0.3 is 36.5 Å². The van der Waals surface area contributed by atoms with Gasteiger partial charge >= 0.3 is 6.09 Å². The van der Waals surface area contributed by atoms with Gasteiger partial charge in [-0.15, -0.1) is 0 Å². The number of aldehydes is 1. The van der Waals surface area contributed by atoms with Gasteiger partial charge in [0.1, 0.15) is 30.5 Å². The van der Waals surface area contributed by atoms with Crippen LogP contribution in [0.4, 0.5) is 4.79 Å². The highest BCUT2D eigenvalue weighted by atomic mass is 16.5. The van der Waals surface area contributed by atoms with Gasteiger partial charge in [-0.2, -0.15) is 0 Å². The molecule has 5 amide bonds. The molecule has 0 radical (unpaired) electrons. The van der Waals surface area contributed by atoms with Crippen LogP contribution >= 0.6 is 0 Å². The van der Waals surface area contributed by atoms with Crippen molar-refractivity contribution in [3.63, 3.8) is 0 Å². The van der Waals surface area contributed by atoms with Crippen LogP contribution in [0, 0.1) is 5.92 Å². The predicted molar refractivity (Wildman–Crippen MR) is 228 cm³/mol. The Morgan fingerprint density at radius 2 is 1.13 bits per heavy atom. The number of alkyl carbamates (subject to hydrolysis) is 1. The van der Waals surface area contributed by atoms with Crippen LogP contribution in [0.2, 0.25) is 0 Å². The molecule has 12 nitrogen and oxygen atoms in total. The highest BCUT2D eigenvalue weighted by molar-refractivity contribution is 5.93. The molecule has 0 aromatic heterocycles. The number of ether oxygens (including phenoxy) is 1. The molecule has 6 N–H and O–H groups in total. The molecule has 0 unspecified atom stereocenters. The second kappa shape index (κ2) is 21.6. The first-order chi connectivity index (χ1) is 29.0. The lowest BCUT2D eigenvalue weighted by molar-refractivity contribution is -0.131.